The number of hydrogen-bond acceptors (Lipinski definition) is 2. The van der Waals surface area contributed by atoms with Crippen LogP contribution >= 0.6 is 0 Å². The van der Waals surface area contributed by atoms with Crippen molar-refractivity contribution in [3.63, 3.8) is 0 Å². The molecule has 1 aliphatic carbocycles. The van der Waals surface area contributed by atoms with Gasteiger partial charge in [-0.1, -0.05) is 42.5 Å². The summed E-state index contributed by atoms with van der Waals surface area (Å²) in [4.78, 5) is 12.5. The van der Waals surface area contributed by atoms with Gasteiger partial charge in [-0.05, 0) is 42.5 Å². The fraction of sp³-hybridized carbons (Fsp3) is 0.350. The Morgan fingerprint density at radius 2 is 1.81 bits per heavy atom. The molecule has 1 amide bonds. The molecule has 0 heterocycles. The third kappa shape index (κ3) is 4.25. The molecule has 6 heteroatoms. The fourth-order valence-electron chi connectivity index (χ4n) is 3.04. The number of aliphatic hydroxyl groups excluding tert-OH is 1. The van der Waals surface area contributed by atoms with Gasteiger partial charge in [-0.3, -0.25) is 4.79 Å². The van der Waals surface area contributed by atoms with Crippen molar-refractivity contribution in [2.75, 3.05) is 6.54 Å². The van der Waals surface area contributed by atoms with Gasteiger partial charge in [0.1, 0.15) is 0 Å². The van der Waals surface area contributed by atoms with Gasteiger partial charge in [-0.15, -0.1) is 0 Å². The van der Waals surface area contributed by atoms with Crippen LogP contribution in [-0.2, 0) is 17.4 Å². The Labute approximate surface area is 149 Å². The lowest BCUT2D eigenvalue weighted by molar-refractivity contribution is -0.137. The van der Waals surface area contributed by atoms with E-state index in [-0.39, 0.29) is 18.0 Å². The molecule has 0 bridgehead atoms. The number of carbonyl (C=O) groups excluding carboxylic acids is 1. The van der Waals surface area contributed by atoms with Gasteiger partial charge in [0.2, 0.25) is 5.91 Å². The van der Waals surface area contributed by atoms with Gasteiger partial charge in [0.05, 0.1) is 17.1 Å². The van der Waals surface area contributed by atoms with E-state index in [1.807, 2.05) is 30.3 Å². The van der Waals surface area contributed by atoms with Crippen LogP contribution in [0.25, 0.3) is 0 Å². The van der Waals surface area contributed by atoms with Crippen LogP contribution in [0.5, 0.6) is 0 Å². The first-order valence-corrected chi connectivity index (χ1v) is 8.48. The Morgan fingerprint density at radius 1 is 1.12 bits per heavy atom. The molecule has 1 aliphatic rings. The fourth-order valence-corrected chi connectivity index (χ4v) is 3.04. The van der Waals surface area contributed by atoms with Crippen molar-refractivity contribution in [1.29, 1.82) is 0 Å². The summed E-state index contributed by atoms with van der Waals surface area (Å²) in [5, 5.41) is 12.8. The standard InChI is InChI=1S/C20H20F3NO2/c21-20(22,23)16-8-4-7-15(11-16)17(25)13-24-18(26)19(9-10-19)12-14-5-2-1-3-6-14/h1-8,11,17,25H,9-10,12-13H2,(H,24,26)/t17-/m0/s1. The topological polar surface area (TPSA) is 49.3 Å². The zero-order chi connectivity index (χ0) is 18.8. The van der Waals surface area contributed by atoms with E-state index in [1.54, 1.807) is 0 Å². The lowest BCUT2D eigenvalue weighted by Gasteiger charge is -2.18. The van der Waals surface area contributed by atoms with Crippen molar-refractivity contribution in [2.45, 2.75) is 31.5 Å². The summed E-state index contributed by atoms with van der Waals surface area (Å²) < 4.78 is 38.3. The van der Waals surface area contributed by atoms with Crippen molar-refractivity contribution in [2.24, 2.45) is 5.41 Å². The summed E-state index contributed by atoms with van der Waals surface area (Å²) in [7, 11) is 0. The van der Waals surface area contributed by atoms with Gasteiger partial charge in [-0.25, -0.2) is 0 Å². The molecule has 0 radical (unpaired) electrons. The highest BCUT2D eigenvalue weighted by Gasteiger charge is 2.49. The summed E-state index contributed by atoms with van der Waals surface area (Å²) >= 11 is 0. The second-order valence-corrected chi connectivity index (χ2v) is 6.79. The van der Waals surface area contributed by atoms with Crippen LogP contribution in [0.15, 0.2) is 54.6 Å². The van der Waals surface area contributed by atoms with Gasteiger partial charge in [-0.2, -0.15) is 13.2 Å². The molecule has 2 N–H and O–H groups in total. The zero-order valence-corrected chi connectivity index (χ0v) is 14.1. The second kappa shape index (κ2) is 7.11. The molecule has 26 heavy (non-hydrogen) atoms. The Morgan fingerprint density at radius 3 is 2.42 bits per heavy atom. The van der Waals surface area contributed by atoms with Crippen LogP contribution < -0.4 is 5.32 Å². The first kappa shape index (κ1) is 18.5. The first-order chi connectivity index (χ1) is 12.3. The van der Waals surface area contributed by atoms with Crippen molar-refractivity contribution in [1.82, 2.24) is 5.32 Å². The van der Waals surface area contributed by atoms with E-state index in [1.165, 1.54) is 12.1 Å². The third-order valence-electron chi connectivity index (χ3n) is 4.78. The number of hydrogen-bond donors (Lipinski definition) is 2. The first-order valence-electron chi connectivity index (χ1n) is 8.48. The van der Waals surface area contributed by atoms with Crippen LogP contribution in [0.2, 0.25) is 0 Å². The van der Waals surface area contributed by atoms with Crippen LogP contribution in [0.3, 0.4) is 0 Å². The van der Waals surface area contributed by atoms with E-state index in [0.717, 1.165) is 30.5 Å². The molecule has 1 saturated carbocycles. The van der Waals surface area contributed by atoms with Crippen molar-refractivity contribution in [3.05, 3.63) is 71.3 Å². The van der Waals surface area contributed by atoms with Gasteiger partial charge < -0.3 is 10.4 Å². The largest absolute Gasteiger partial charge is 0.416 e. The van der Waals surface area contributed by atoms with E-state index in [2.05, 4.69) is 5.32 Å². The second-order valence-electron chi connectivity index (χ2n) is 6.79. The maximum atomic E-state index is 12.8. The third-order valence-corrected chi connectivity index (χ3v) is 4.78. The minimum absolute atomic E-state index is 0.114. The highest BCUT2D eigenvalue weighted by Crippen LogP contribution is 2.48. The maximum absolute atomic E-state index is 12.8. The van der Waals surface area contributed by atoms with E-state index in [4.69, 9.17) is 0 Å². The summed E-state index contributed by atoms with van der Waals surface area (Å²) in [5.41, 5.74) is -0.0794. The number of alkyl halides is 3. The van der Waals surface area contributed by atoms with Crippen LogP contribution in [0.1, 0.15) is 35.6 Å². The lowest BCUT2D eigenvalue weighted by Crippen LogP contribution is -2.36. The van der Waals surface area contributed by atoms with Crippen LogP contribution in [0.4, 0.5) is 13.2 Å². The molecule has 3 rings (SSSR count). The predicted octanol–water partition coefficient (Wildman–Crippen LogP) is 3.88. The number of amides is 1. The Kier molecular flexibility index (Phi) is 5.05. The van der Waals surface area contributed by atoms with E-state index >= 15 is 0 Å². The molecule has 0 aromatic heterocycles. The highest BCUT2D eigenvalue weighted by molar-refractivity contribution is 5.85. The lowest BCUT2D eigenvalue weighted by atomic mass is 9.95. The molecule has 0 unspecified atom stereocenters. The minimum atomic E-state index is -4.47. The van der Waals surface area contributed by atoms with Gasteiger partial charge in [0.25, 0.3) is 0 Å². The Hall–Kier alpha value is -2.34. The van der Waals surface area contributed by atoms with E-state index in [9.17, 15) is 23.1 Å². The molecule has 0 saturated heterocycles. The Bertz CT molecular complexity index is 770. The van der Waals surface area contributed by atoms with E-state index in [0.29, 0.717) is 6.42 Å². The molecule has 138 valence electrons. The normalized spacial score (nSPS) is 16.8. The number of halogens is 3. The average molecular weight is 363 g/mol. The van der Waals surface area contributed by atoms with Crippen molar-refractivity contribution in [3.8, 4) is 0 Å². The minimum Gasteiger partial charge on any atom is -0.387 e. The monoisotopic (exact) mass is 363 g/mol. The maximum Gasteiger partial charge on any atom is 0.416 e. The van der Waals surface area contributed by atoms with E-state index < -0.39 is 23.3 Å². The van der Waals surface area contributed by atoms with Crippen molar-refractivity contribution >= 4 is 5.91 Å². The quantitative estimate of drug-likeness (QED) is 0.818. The highest BCUT2D eigenvalue weighted by atomic mass is 19.4. The summed E-state index contributed by atoms with van der Waals surface area (Å²) in [6.07, 6.45) is -3.49. The molecule has 0 aliphatic heterocycles. The Balaban J connectivity index is 1.59. The molecule has 0 spiro atoms. The zero-order valence-electron chi connectivity index (χ0n) is 14.1. The number of nitrogens with one attached hydrogen (secondary N) is 1. The SMILES string of the molecule is O=C(NC[C@H](O)c1cccc(C(F)(F)F)c1)C1(Cc2ccccc2)CC1. The smallest absolute Gasteiger partial charge is 0.387 e. The number of rotatable bonds is 6. The molecule has 1 fully saturated rings. The molecule has 1 atom stereocenters. The number of aliphatic hydroxyl groups is 1. The van der Waals surface area contributed by atoms with Crippen LogP contribution in [0, 0.1) is 5.41 Å². The number of carbonyl (C=O) groups is 1. The molecule has 2 aromatic rings. The molecular weight excluding hydrogens is 343 g/mol. The molecule has 2 aromatic carbocycles. The predicted molar refractivity (Wildman–Crippen MR) is 91.2 cm³/mol. The van der Waals surface area contributed by atoms with Crippen molar-refractivity contribution < 1.29 is 23.1 Å². The molecular formula is C20H20F3NO2. The summed E-state index contributed by atoms with van der Waals surface area (Å²) in [6, 6.07) is 14.2. The summed E-state index contributed by atoms with van der Waals surface area (Å²) in [5.74, 6) is -0.160. The average Bonchev–Trinajstić information content (AvgIpc) is 3.40. The van der Waals surface area contributed by atoms with Gasteiger partial charge in [0, 0.05) is 6.54 Å². The van der Waals surface area contributed by atoms with Crippen LogP contribution in [-0.4, -0.2) is 17.6 Å². The number of benzene rings is 2. The van der Waals surface area contributed by atoms with Gasteiger partial charge >= 0.3 is 6.18 Å². The summed E-state index contributed by atoms with van der Waals surface area (Å²) in [6.45, 7) is -0.114. The molecule has 3 nitrogen and oxygen atoms in total. The van der Waals surface area contributed by atoms with Gasteiger partial charge in [0.15, 0.2) is 0 Å².